The number of hydrogen-bond acceptors (Lipinski definition) is 5. The Labute approximate surface area is 173 Å². The average Bonchev–Trinajstić information content (AvgIpc) is 3.03. The van der Waals surface area contributed by atoms with E-state index in [0.29, 0.717) is 15.2 Å². The average molecular weight is 551 g/mol. The third kappa shape index (κ3) is 4.35. The molecule has 134 valence electrons. The maximum atomic E-state index is 12.9. The molecule has 0 unspecified atom stereocenters. The molecule has 0 saturated carbocycles. The molecule has 0 radical (unpaired) electrons. The van der Waals surface area contributed by atoms with E-state index >= 15 is 0 Å². The van der Waals surface area contributed by atoms with E-state index in [9.17, 15) is 18.8 Å². The molecule has 1 fully saturated rings. The highest BCUT2D eigenvalue weighted by Crippen LogP contribution is 2.33. The van der Waals surface area contributed by atoms with Crippen LogP contribution in [0.25, 0.3) is 6.08 Å². The summed E-state index contributed by atoms with van der Waals surface area (Å²) in [6.07, 6.45) is 1.45. The summed E-state index contributed by atoms with van der Waals surface area (Å²) in [5.74, 6) is -1.15. The molecule has 2 heterocycles. The van der Waals surface area contributed by atoms with Crippen LogP contribution in [-0.4, -0.2) is 28.5 Å². The van der Waals surface area contributed by atoms with Gasteiger partial charge in [0.25, 0.3) is 11.1 Å². The first-order valence-electron chi connectivity index (χ1n) is 7.09. The van der Waals surface area contributed by atoms with Gasteiger partial charge in [0.05, 0.1) is 9.38 Å². The molecule has 1 aliphatic rings. The first kappa shape index (κ1) is 19.1. The van der Waals surface area contributed by atoms with Crippen LogP contribution in [0.5, 0.6) is 0 Å². The normalized spacial score (nSPS) is 15.8. The van der Waals surface area contributed by atoms with Crippen molar-refractivity contribution in [3.63, 3.8) is 0 Å². The van der Waals surface area contributed by atoms with Gasteiger partial charge >= 0.3 is 0 Å². The van der Waals surface area contributed by atoms with Crippen LogP contribution in [0.3, 0.4) is 0 Å². The molecular weight excluding hydrogens is 542 g/mol. The summed E-state index contributed by atoms with van der Waals surface area (Å²) in [6.45, 7) is -0.432. The lowest BCUT2D eigenvalue weighted by Crippen LogP contribution is -2.36. The minimum absolute atomic E-state index is 0.169. The highest BCUT2D eigenvalue weighted by Gasteiger charge is 2.36. The van der Waals surface area contributed by atoms with E-state index in [1.807, 2.05) is 22.6 Å². The van der Waals surface area contributed by atoms with Gasteiger partial charge in [-0.1, -0.05) is 0 Å². The quantitative estimate of drug-likeness (QED) is 0.449. The highest BCUT2D eigenvalue weighted by atomic mass is 127. The van der Waals surface area contributed by atoms with Crippen LogP contribution in [0.4, 0.5) is 14.9 Å². The van der Waals surface area contributed by atoms with Gasteiger partial charge in [0, 0.05) is 34.4 Å². The Morgan fingerprint density at radius 3 is 2.65 bits per heavy atom. The van der Waals surface area contributed by atoms with Crippen LogP contribution < -0.4 is 5.32 Å². The largest absolute Gasteiger partial charge is 0.450 e. The Morgan fingerprint density at radius 1 is 1.35 bits per heavy atom. The van der Waals surface area contributed by atoms with E-state index in [2.05, 4.69) is 21.2 Å². The summed E-state index contributed by atoms with van der Waals surface area (Å²) >= 11 is 6.02. The Kier molecular flexibility index (Phi) is 5.82. The smallest absolute Gasteiger partial charge is 0.294 e. The maximum Gasteiger partial charge on any atom is 0.294 e. The fourth-order valence-corrected chi connectivity index (χ4v) is 3.61. The Hall–Kier alpha value is -1.66. The van der Waals surface area contributed by atoms with Gasteiger partial charge in [-0.25, -0.2) is 4.39 Å². The molecule has 1 saturated heterocycles. The molecule has 26 heavy (non-hydrogen) atoms. The second-order valence-corrected chi connectivity index (χ2v) is 7.92. The summed E-state index contributed by atoms with van der Waals surface area (Å²) in [7, 11) is 0. The Balaban J connectivity index is 1.68. The molecule has 6 nitrogen and oxygen atoms in total. The first-order valence-corrected chi connectivity index (χ1v) is 9.78. The zero-order valence-corrected chi connectivity index (χ0v) is 17.4. The minimum atomic E-state index is -0.572. The summed E-state index contributed by atoms with van der Waals surface area (Å²) in [6, 6.07) is 6.84. The molecule has 10 heteroatoms. The molecule has 0 aliphatic carbocycles. The zero-order valence-electron chi connectivity index (χ0n) is 12.8. The molecule has 1 aromatic carbocycles. The number of hydrogen-bond donors (Lipinski definition) is 1. The number of nitrogens with zero attached hydrogens (tertiary/aromatic N) is 1. The van der Waals surface area contributed by atoms with E-state index in [1.165, 1.54) is 30.3 Å². The van der Waals surface area contributed by atoms with Gasteiger partial charge in [-0.15, -0.1) is 0 Å². The molecule has 2 aromatic rings. The number of rotatable bonds is 4. The van der Waals surface area contributed by atoms with Crippen LogP contribution in [0.2, 0.25) is 0 Å². The van der Waals surface area contributed by atoms with Crippen molar-refractivity contribution in [1.29, 1.82) is 0 Å². The standard InChI is InChI=1S/C16H9BrFIN2O4S/c17-11-5-10(25-14(11)19)6-12-15(23)21(16(24)26-12)7-13(22)20-9-3-1-8(18)2-4-9/h1-6H,7H2,(H,20,22)/b12-6-. The number of thioether (sulfide) groups is 1. The molecule has 1 aromatic heterocycles. The number of halogens is 3. The third-order valence-corrected chi connectivity index (χ3v) is 6.28. The van der Waals surface area contributed by atoms with Crippen molar-refractivity contribution < 1.29 is 23.2 Å². The van der Waals surface area contributed by atoms with Gasteiger partial charge in [0.15, 0.2) is 3.77 Å². The lowest BCUT2D eigenvalue weighted by atomic mass is 10.3. The molecule has 3 rings (SSSR count). The van der Waals surface area contributed by atoms with E-state index in [-0.39, 0.29) is 4.91 Å². The number of carbonyl (C=O) groups is 3. The summed E-state index contributed by atoms with van der Waals surface area (Å²) in [5.41, 5.74) is 0.369. The van der Waals surface area contributed by atoms with Crippen molar-refractivity contribution in [2.24, 2.45) is 0 Å². The lowest BCUT2D eigenvalue weighted by molar-refractivity contribution is -0.127. The van der Waals surface area contributed by atoms with Crippen molar-refractivity contribution in [3.8, 4) is 0 Å². The van der Waals surface area contributed by atoms with Crippen LogP contribution >= 0.6 is 50.3 Å². The molecular formula is C16H9BrFIN2O4S. The predicted octanol–water partition coefficient (Wildman–Crippen LogP) is 4.46. The van der Waals surface area contributed by atoms with Crippen LogP contribution in [0.15, 0.2) is 44.1 Å². The van der Waals surface area contributed by atoms with Crippen molar-refractivity contribution in [2.45, 2.75) is 0 Å². The number of furan rings is 1. The Bertz CT molecular complexity index is 909. The number of anilines is 1. The monoisotopic (exact) mass is 550 g/mol. The number of benzene rings is 1. The van der Waals surface area contributed by atoms with Gasteiger partial charge in [-0.05, 0) is 58.0 Å². The summed E-state index contributed by atoms with van der Waals surface area (Å²) in [5, 5.41) is 1.96. The van der Waals surface area contributed by atoms with Crippen molar-refractivity contribution in [3.05, 3.63) is 55.1 Å². The van der Waals surface area contributed by atoms with Crippen LogP contribution in [-0.2, 0) is 9.59 Å². The number of amides is 3. The van der Waals surface area contributed by atoms with E-state index in [4.69, 9.17) is 4.42 Å². The van der Waals surface area contributed by atoms with Gasteiger partial charge in [0.1, 0.15) is 18.1 Å². The second-order valence-electron chi connectivity index (χ2n) is 5.09. The molecule has 0 atom stereocenters. The lowest BCUT2D eigenvalue weighted by Gasteiger charge is -2.12. The van der Waals surface area contributed by atoms with Crippen molar-refractivity contribution in [1.82, 2.24) is 4.90 Å². The molecule has 3 amide bonds. The second kappa shape index (κ2) is 7.92. The predicted molar refractivity (Wildman–Crippen MR) is 107 cm³/mol. The molecule has 1 aliphatic heterocycles. The van der Waals surface area contributed by atoms with Gasteiger partial charge < -0.3 is 9.73 Å². The SMILES string of the molecule is O=C(CN1C(=O)S/C(=C\c2cc(Br)c(I)o2)C1=O)Nc1ccc(F)cc1. The first-order chi connectivity index (χ1) is 12.3. The van der Waals surface area contributed by atoms with Crippen molar-refractivity contribution in [2.75, 3.05) is 11.9 Å². The van der Waals surface area contributed by atoms with Gasteiger partial charge in [-0.2, -0.15) is 0 Å². The fourth-order valence-electron chi connectivity index (χ4n) is 2.08. The molecule has 1 N–H and O–H groups in total. The maximum absolute atomic E-state index is 12.9. The van der Waals surface area contributed by atoms with Crippen LogP contribution in [0.1, 0.15) is 5.76 Å². The zero-order chi connectivity index (χ0) is 18.8. The number of imide groups is 1. The van der Waals surface area contributed by atoms with E-state index in [1.54, 1.807) is 6.07 Å². The van der Waals surface area contributed by atoms with E-state index in [0.717, 1.165) is 21.1 Å². The fraction of sp³-hybridized carbons (Fsp3) is 0.0625. The number of nitrogens with one attached hydrogen (secondary N) is 1. The minimum Gasteiger partial charge on any atom is -0.450 e. The molecule has 0 bridgehead atoms. The van der Waals surface area contributed by atoms with Gasteiger partial charge in [-0.3, -0.25) is 19.3 Å². The third-order valence-electron chi connectivity index (χ3n) is 3.24. The Morgan fingerprint density at radius 2 is 2.04 bits per heavy atom. The summed E-state index contributed by atoms with van der Waals surface area (Å²) in [4.78, 5) is 37.5. The van der Waals surface area contributed by atoms with Crippen LogP contribution in [0, 0.1) is 9.58 Å². The highest BCUT2D eigenvalue weighted by molar-refractivity contribution is 14.1. The summed E-state index contributed by atoms with van der Waals surface area (Å²) < 4.78 is 19.7. The molecule has 0 spiro atoms. The topological polar surface area (TPSA) is 79.6 Å². The van der Waals surface area contributed by atoms with E-state index < -0.39 is 29.4 Å². The van der Waals surface area contributed by atoms with Crippen molar-refractivity contribution >= 4 is 79.1 Å². The van der Waals surface area contributed by atoms with Gasteiger partial charge in [0.2, 0.25) is 5.91 Å². The number of carbonyl (C=O) groups excluding carboxylic acids is 3.